The highest BCUT2D eigenvalue weighted by atomic mass is 35.5. The van der Waals surface area contributed by atoms with Gasteiger partial charge in [-0.25, -0.2) is 0 Å². The van der Waals surface area contributed by atoms with Crippen LogP contribution in [0.3, 0.4) is 0 Å². The molecule has 0 saturated carbocycles. The molecule has 0 bridgehead atoms. The van der Waals surface area contributed by atoms with Crippen LogP contribution in [0.5, 0.6) is 0 Å². The lowest BCUT2D eigenvalue weighted by atomic mass is 10.1. The zero-order valence-corrected chi connectivity index (χ0v) is 12.2. The van der Waals surface area contributed by atoms with Crippen LogP contribution in [0, 0.1) is 18.8 Å². The predicted octanol–water partition coefficient (Wildman–Crippen LogP) is 2.61. The van der Waals surface area contributed by atoms with Crippen molar-refractivity contribution in [3.63, 3.8) is 0 Å². The Kier molecular flexibility index (Phi) is 4.94. The Morgan fingerprint density at radius 3 is 2.90 bits per heavy atom. The molecule has 0 aliphatic heterocycles. The fraction of sp³-hybridized carbons (Fsp3) is 0.125. The van der Waals surface area contributed by atoms with Crippen LogP contribution in [0.4, 0.5) is 5.69 Å². The van der Waals surface area contributed by atoms with Gasteiger partial charge in [-0.05, 0) is 37.3 Å². The first-order chi connectivity index (χ1) is 10.1. The molecule has 5 heteroatoms. The molecule has 0 radical (unpaired) electrons. The molecule has 2 aromatic rings. The van der Waals surface area contributed by atoms with Crippen molar-refractivity contribution < 1.29 is 4.79 Å². The summed E-state index contributed by atoms with van der Waals surface area (Å²) in [6.45, 7) is 2.09. The summed E-state index contributed by atoms with van der Waals surface area (Å²) in [6, 6.07) is 8.52. The van der Waals surface area contributed by atoms with Gasteiger partial charge in [0.2, 0.25) is 0 Å². The molecule has 0 aliphatic rings. The van der Waals surface area contributed by atoms with E-state index in [-0.39, 0.29) is 12.5 Å². The molecule has 21 heavy (non-hydrogen) atoms. The molecule has 2 rings (SSSR count). The van der Waals surface area contributed by atoms with E-state index in [0.29, 0.717) is 21.8 Å². The van der Waals surface area contributed by atoms with Crippen LogP contribution in [-0.2, 0) is 0 Å². The van der Waals surface area contributed by atoms with Crippen LogP contribution in [0.2, 0.25) is 5.02 Å². The standard InChI is InChI=1S/C16H14ClN3O/c1-11-15(5-3-9-19-11)20-16(21)13-7-6-12(4-2-8-18)14(17)10-13/h3,5-7,9-10H,8,18H2,1H3,(H,20,21). The minimum absolute atomic E-state index is 0.244. The molecule has 1 amide bonds. The van der Waals surface area contributed by atoms with Crippen LogP contribution < -0.4 is 11.1 Å². The molecule has 106 valence electrons. The molecule has 0 aliphatic carbocycles. The molecular formula is C16H14ClN3O. The zero-order chi connectivity index (χ0) is 15.2. The Balaban J connectivity index is 2.21. The summed E-state index contributed by atoms with van der Waals surface area (Å²) in [6.07, 6.45) is 1.67. The first-order valence-electron chi connectivity index (χ1n) is 6.33. The highest BCUT2D eigenvalue weighted by molar-refractivity contribution is 6.32. The summed E-state index contributed by atoms with van der Waals surface area (Å²) in [5, 5.41) is 3.22. The van der Waals surface area contributed by atoms with E-state index in [0.717, 1.165) is 5.69 Å². The van der Waals surface area contributed by atoms with E-state index >= 15 is 0 Å². The highest BCUT2D eigenvalue weighted by Crippen LogP contribution is 2.19. The van der Waals surface area contributed by atoms with E-state index in [1.54, 1.807) is 36.5 Å². The van der Waals surface area contributed by atoms with Crippen molar-refractivity contribution in [1.29, 1.82) is 0 Å². The summed E-state index contributed by atoms with van der Waals surface area (Å²) in [4.78, 5) is 16.3. The normalized spacial score (nSPS) is 9.67. The first kappa shape index (κ1) is 15.0. The maximum Gasteiger partial charge on any atom is 0.255 e. The van der Waals surface area contributed by atoms with E-state index in [1.165, 1.54) is 0 Å². The Labute approximate surface area is 128 Å². The van der Waals surface area contributed by atoms with Crippen LogP contribution in [0.25, 0.3) is 0 Å². The number of pyridine rings is 1. The zero-order valence-electron chi connectivity index (χ0n) is 11.5. The number of benzene rings is 1. The SMILES string of the molecule is Cc1ncccc1NC(=O)c1ccc(C#CCN)c(Cl)c1. The van der Waals surface area contributed by atoms with Crippen molar-refractivity contribution in [3.8, 4) is 11.8 Å². The van der Waals surface area contributed by atoms with Crippen molar-refractivity contribution in [2.45, 2.75) is 6.92 Å². The summed E-state index contributed by atoms with van der Waals surface area (Å²) >= 11 is 6.11. The van der Waals surface area contributed by atoms with E-state index in [2.05, 4.69) is 22.1 Å². The maximum atomic E-state index is 12.2. The fourth-order valence-corrected chi connectivity index (χ4v) is 1.94. The van der Waals surface area contributed by atoms with Crippen LogP contribution in [0.1, 0.15) is 21.6 Å². The quantitative estimate of drug-likeness (QED) is 0.838. The number of aromatic nitrogens is 1. The van der Waals surface area contributed by atoms with Gasteiger partial charge in [-0.2, -0.15) is 0 Å². The van der Waals surface area contributed by atoms with Gasteiger partial charge in [0.1, 0.15) is 0 Å². The summed E-state index contributed by atoms with van der Waals surface area (Å²) in [7, 11) is 0. The monoisotopic (exact) mass is 299 g/mol. The molecule has 1 aromatic carbocycles. The van der Waals surface area contributed by atoms with Gasteiger partial charge in [-0.3, -0.25) is 9.78 Å². The molecule has 0 saturated heterocycles. The molecule has 0 spiro atoms. The number of carbonyl (C=O) groups excluding carboxylic acids is 1. The third-order valence-electron chi connectivity index (χ3n) is 2.81. The molecule has 3 N–H and O–H groups in total. The second-order valence-electron chi connectivity index (χ2n) is 4.29. The summed E-state index contributed by atoms with van der Waals surface area (Å²) in [5.74, 6) is 5.33. The van der Waals surface area contributed by atoms with Crippen molar-refractivity contribution in [1.82, 2.24) is 4.98 Å². The summed E-state index contributed by atoms with van der Waals surface area (Å²) < 4.78 is 0. The molecule has 1 heterocycles. The fourth-order valence-electron chi connectivity index (χ4n) is 1.71. The molecule has 0 unspecified atom stereocenters. The van der Waals surface area contributed by atoms with Gasteiger partial charge in [0.15, 0.2) is 0 Å². The van der Waals surface area contributed by atoms with E-state index in [4.69, 9.17) is 17.3 Å². The smallest absolute Gasteiger partial charge is 0.255 e. The number of amides is 1. The number of rotatable bonds is 2. The number of anilines is 1. The van der Waals surface area contributed by atoms with Gasteiger partial charge in [0, 0.05) is 17.3 Å². The minimum Gasteiger partial charge on any atom is -0.320 e. The number of hydrogen-bond acceptors (Lipinski definition) is 3. The van der Waals surface area contributed by atoms with Crippen molar-refractivity contribution in [2.75, 3.05) is 11.9 Å². The number of halogens is 1. The Morgan fingerprint density at radius 1 is 1.43 bits per heavy atom. The predicted molar refractivity (Wildman–Crippen MR) is 84.3 cm³/mol. The third-order valence-corrected chi connectivity index (χ3v) is 3.12. The average Bonchev–Trinajstić information content (AvgIpc) is 2.48. The number of nitrogens with two attached hydrogens (primary N) is 1. The maximum absolute atomic E-state index is 12.2. The van der Waals surface area contributed by atoms with Gasteiger partial charge in [0.25, 0.3) is 5.91 Å². The van der Waals surface area contributed by atoms with Gasteiger partial charge < -0.3 is 11.1 Å². The Hall–Kier alpha value is -2.35. The van der Waals surface area contributed by atoms with Crippen LogP contribution in [-0.4, -0.2) is 17.4 Å². The number of nitrogens with one attached hydrogen (secondary N) is 1. The second kappa shape index (κ2) is 6.89. The Bertz CT molecular complexity index is 732. The van der Waals surface area contributed by atoms with E-state index in [1.807, 2.05) is 6.92 Å². The Morgan fingerprint density at radius 2 is 2.24 bits per heavy atom. The average molecular weight is 300 g/mol. The topological polar surface area (TPSA) is 68.0 Å². The van der Waals surface area contributed by atoms with Crippen LogP contribution >= 0.6 is 11.6 Å². The van der Waals surface area contributed by atoms with E-state index < -0.39 is 0 Å². The van der Waals surface area contributed by atoms with Crippen molar-refractivity contribution in [3.05, 3.63) is 58.4 Å². The van der Waals surface area contributed by atoms with Crippen molar-refractivity contribution in [2.24, 2.45) is 5.73 Å². The molecule has 0 fully saturated rings. The van der Waals surface area contributed by atoms with Crippen LogP contribution in [0.15, 0.2) is 36.5 Å². The van der Waals surface area contributed by atoms with Gasteiger partial charge in [-0.15, -0.1) is 0 Å². The number of hydrogen-bond donors (Lipinski definition) is 2. The lowest BCUT2D eigenvalue weighted by Crippen LogP contribution is -2.13. The van der Waals surface area contributed by atoms with Gasteiger partial charge in [-0.1, -0.05) is 23.4 Å². The number of aryl methyl sites for hydroxylation is 1. The highest BCUT2D eigenvalue weighted by Gasteiger charge is 2.09. The molecular weight excluding hydrogens is 286 g/mol. The van der Waals surface area contributed by atoms with E-state index in [9.17, 15) is 4.79 Å². The second-order valence-corrected chi connectivity index (χ2v) is 4.70. The van der Waals surface area contributed by atoms with Gasteiger partial charge >= 0.3 is 0 Å². The van der Waals surface area contributed by atoms with Crippen molar-refractivity contribution >= 4 is 23.2 Å². The molecule has 0 atom stereocenters. The first-order valence-corrected chi connectivity index (χ1v) is 6.71. The number of nitrogens with zero attached hydrogens (tertiary/aromatic N) is 1. The lowest BCUT2D eigenvalue weighted by molar-refractivity contribution is 0.102. The van der Waals surface area contributed by atoms with Gasteiger partial charge in [0.05, 0.1) is 22.9 Å². The lowest BCUT2D eigenvalue weighted by Gasteiger charge is -2.08. The minimum atomic E-state index is -0.244. The molecule has 4 nitrogen and oxygen atoms in total. The number of carbonyl (C=O) groups is 1. The summed E-state index contributed by atoms with van der Waals surface area (Å²) in [5.41, 5.74) is 7.85. The largest absolute Gasteiger partial charge is 0.320 e. The molecule has 1 aromatic heterocycles. The third kappa shape index (κ3) is 3.82.